The van der Waals surface area contributed by atoms with E-state index in [1.165, 1.54) is 32.1 Å². The zero-order valence-corrected chi connectivity index (χ0v) is 11.1. The molecule has 15 heavy (non-hydrogen) atoms. The van der Waals surface area contributed by atoms with Crippen molar-refractivity contribution in [2.45, 2.75) is 65.8 Å². The Balaban J connectivity index is 2.41. The van der Waals surface area contributed by atoms with Crippen LogP contribution in [0, 0.1) is 17.8 Å². The third-order valence-corrected chi connectivity index (χ3v) is 4.10. The third-order valence-electron chi connectivity index (χ3n) is 4.10. The smallest absolute Gasteiger partial charge is 0.00694 e. The molecule has 0 aromatic carbocycles. The second kappa shape index (κ2) is 6.52. The van der Waals surface area contributed by atoms with Crippen molar-refractivity contribution in [2.75, 3.05) is 6.54 Å². The molecule has 1 fully saturated rings. The van der Waals surface area contributed by atoms with Crippen molar-refractivity contribution < 1.29 is 0 Å². The van der Waals surface area contributed by atoms with Crippen LogP contribution in [-0.2, 0) is 0 Å². The molecular weight excluding hydrogens is 182 g/mol. The van der Waals surface area contributed by atoms with Gasteiger partial charge in [-0.25, -0.2) is 0 Å². The summed E-state index contributed by atoms with van der Waals surface area (Å²) in [5.41, 5.74) is 0. The Labute approximate surface area is 96.0 Å². The fourth-order valence-corrected chi connectivity index (χ4v) is 3.16. The lowest BCUT2D eigenvalue weighted by molar-refractivity contribution is 0.237. The molecule has 0 amide bonds. The standard InChI is InChI=1S/C14H29N/c1-5-15-12(4)14(11(2)3)10-13-8-6-7-9-13/h11-15H,5-10H2,1-4H3. The van der Waals surface area contributed by atoms with Crippen LogP contribution in [0.25, 0.3) is 0 Å². The highest BCUT2D eigenvalue weighted by Crippen LogP contribution is 2.33. The molecule has 1 aliphatic carbocycles. The first-order chi connectivity index (χ1) is 7.15. The maximum absolute atomic E-state index is 3.60. The Morgan fingerprint density at radius 3 is 2.20 bits per heavy atom. The van der Waals surface area contributed by atoms with Crippen LogP contribution in [-0.4, -0.2) is 12.6 Å². The number of nitrogens with one attached hydrogen (secondary N) is 1. The molecule has 0 saturated heterocycles. The highest BCUT2D eigenvalue weighted by Gasteiger charge is 2.25. The lowest BCUT2D eigenvalue weighted by atomic mass is 9.81. The third kappa shape index (κ3) is 4.14. The second-order valence-electron chi connectivity index (χ2n) is 5.64. The van der Waals surface area contributed by atoms with Crippen LogP contribution in [0.3, 0.4) is 0 Å². The Hall–Kier alpha value is -0.0400. The van der Waals surface area contributed by atoms with Crippen LogP contribution < -0.4 is 5.32 Å². The molecule has 1 rings (SSSR count). The van der Waals surface area contributed by atoms with E-state index in [1.807, 2.05) is 0 Å². The van der Waals surface area contributed by atoms with Crippen molar-refractivity contribution in [3.8, 4) is 0 Å². The maximum Gasteiger partial charge on any atom is 0.00694 e. The molecule has 1 aliphatic rings. The average Bonchev–Trinajstić information content (AvgIpc) is 2.66. The minimum absolute atomic E-state index is 0.690. The van der Waals surface area contributed by atoms with Crippen molar-refractivity contribution in [3.63, 3.8) is 0 Å². The van der Waals surface area contributed by atoms with Gasteiger partial charge in [0.2, 0.25) is 0 Å². The van der Waals surface area contributed by atoms with E-state index in [4.69, 9.17) is 0 Å². The summed E-state index contributed by atoms with van der Waals surface area (Å²) in [5, 5.41) is 3.60. The van der Waals surface area contributed by atoms with Crippen molar-refractivity contribution in [1.82, 2.24) is 5.32 Å². The Morgan fingerprint density at radius 1 is 1.13 bits per heavy atom. The van der Waals surface area contributed by atoms with E-state index in [9.17, 15) is 0 Å². The quantitative estimate of drug-likeness (QED) is 0.704. The molecule has 2 atom stereocenters. The lowest BCUT2D eigenvalue weighted by Gasteiger charge is -2.30. The van der Waals surface area contributed by atoms with Crippen LogP contribution in [0.2, 0.25) is 0 Å². The molecule has 90 valence electrons. The summed E-state index contributed by atoms with van der Waals surface area (Å²) < 4.78 is 0. The molecule has 1 nitrogen and oxygen atoms in total. The van der Waals surface area contributed by atoms with Crippen LogP contribution in [0.5, 0.6) is 0 Å². The first-order valence-electron chi connectivity index (χ1n) is 6.88. The molecule has 1 heteroatoms. The van der Waals surface area contributed by atoms with Gasteiger partial charge in [-0.2, -0.15) is 0 Å². The van der Waals surface area contributed by atoms with Gasteiger partial charge in [0.05, 0.1) is 0 Å². The summed E-state index contributed by atoms with van der Waals surface area (Å²) in [4.78, 5) is 0. The van der Waals surface area contributed by atoms with Crippen molar-refractivity contribution in [2.24, 2.45) is 17.8 Å². The summed E-state index contributed by atoms with van der Waals surface area (Å²) in [6.07, 6.45) is 7.38. The highest BCUT2D eigenvalue weighted by molar-refractivity contribution is 4.79. The van der Waals surface area contributed by atoms with E-state index in [0.29, 0.717) is 6.04 Å². The SMILES string of the molecule is CCNC(C)C(CC1CCCC1)C(C)C. The molecule has 0 aromatic heterocycles. The number of hydrogen-bond donors (Lipinski definition) is 1. The molecule has 0 bridgehead atoms. The molecular formula is C14H29N. The molecule has 0 aliphatic heterocycles. The predicted molar refractivity (Wildman–Crippen MR) is 68.0 cm³/mol. The van der Waals surface area contributed by atoms with Gasteiger partial charge in [0, 0.05) is 6.04 Å². The van der Waals surface area contributed by atoms with Crippen molar-refractivity contribution >= 4 is 0 Å². The Bertz CT molecular complexity index is 159. The van der Waals surface area contributed by atoms with E-state index in [-0.39, 0.29) is 0 Å². The number of hydrogen-bond acceptors (Lipinski definition) is 1. The fourth-order valence-electron chi connectivity index (χ4n) is 3.16. The van der Waals surface area contributed by atoms with E-state index in [1.54, 1.807) is 0 Å². The van der Waals surface area contributed by atoms with E-state index in [2.05, 4.69) is 33.0 Å². The first kappa shape index (κ1) is 13.0. The molecule has 0 radical (unpaired) electrons. The van der Waals surface area contributed by atoms with Crippen molar-refractivity contribution in [1.29, 1.82) is 0 Å². The first-order valence-corrected chi connectivity index (χ1v) is 6.88. The highest BCUT2D eigenvalue weighted by atomic mass is 14.9. The van der Waals surface area contributed by atoms with E-state index in [0.717, 1.165) is 24.3 Å². The zero-order valence-electron chi connectivity index (χ0n) is 11.1. The van der Waals surface area contributed by atoms with Gasteiger partial charge in [0.1, 0.15) is 0 Å². The van der Waals surface area contributed by atoms with E-state index >= 15 is 0 Å². The summed E-state index contributed by atoms with van der Waals surface area (Å²) in [7, 11) is 0. The monoisotopic (exact) mass is 211 g/mol. The molecule has 0 heterocycles. The fraction of sp³-hybridized carbons (Fsp3) is 1.00. The summed E-state index contributed by atoms with van der Waals surface area (Å²) >= 11 is 0. The van der Waals surface area contributed by atoms with Gasteiger partial charge in [-0.1, -0.05) is 46.5 Å². The molecule has 1 saturated carbocycles. The summed E-state index contributed by atoms with van der Waals surface area (Å²) in [5.74, 6) is 2.71. The molecule has 0 aromatic rings. The second-order valence-corrected chi connectivity index (χ2v) is 5.64. The summed E-state index contributed by atoms with van der Waals surface area (Å²) in [6.45, 7) is 10.4. The van der Waals surface area contributed by atoms with Crippen molar-refractivity contribution in [3.05, 3.63) is 0 Å². The predicted octanol–water partition coefficient (Wildman–Crippen LogP) is 3.84. The largest absolute Gasteiger partial charge is 0.314 e. The normalized spacial score (nSPS) is 22.2. The van der Waals surface area contributed by atoms with Crippen LogP contribution in [0.4, 0.5) is 0 Å². The van der Waals surface area contributed by atoms with Gasteiger partial charge in [-0.3, -0.25) is 0 Å². The van der Waals surface area contributed by atoms with Gasteiger partial charge < -0.3 is 5.32 Å². The Kier molecular flexibility index (Phi) is 5.66. The minimum Gasteiger partial charge on any atom is -0.314 e. The molecule has 1 N–H and O–H groups in total. The summed E-state index contributed by atoms with van der Waals surface area (Å²) in [6, 6.07) is 0.690. The van der Waals surface area contributed by atoms with Gasteiger partial charge >= 0.3 is 0 Å². The number of rotatable bonds is 6. The van der Waals surface area contributed by atoms with Gasteiger partial charge in [-0.05, 0) is 37.6 Å². The Morgan fingerprint density at radius 2 is 1.73 bits per heavy atom. The van der Waals surface area contributed by atoms with Crippen LogP contribution in [0.15, 0.2) is 0 Å². The maximum atomic E-state index is 3.60. The van der Waals surface area contributed by atoms with Gasteiger partial charge in [-0.15, -0.1) is 0 Å². The van der Waals surface area contributed by atoms with Crippen LogP contribution >= 0.6 is 0 Å². The molecule has 0 spiro atoms. The molecule has 2 unspecified atom stereocenters. The van der Waals surface area contributed by atoms with E-state index < -0.39 is 0 Å². The van der Waals surface area contributed by atoms with Gasteiger partial charge in [0.25, 0.3) is 0 Å². The zero-order chi connectivity index (χ0) is 11.3. The average molecular weight is 211 g/mol. The topological polar surface area (TPSA) is 12.0 Å². The van der Waals surface area contributed by atoms with Crippen LogP contribution in [0.1, 0.15) is 59.8 Å². The van der Waals surface area contributed by atoms with Gasteiger partial charge in [0.15, 0.2) is 0 Å². The minimum atomic E-state index is 0.690. The lowest BCUT2D eigenvalue weighted by Crippen LogP contribution is -2.37.